The predicted molar refractivity (Wildman–Crippen MR) is 96.7 cm³/mol. The minimum Gasteiger partial charge on any atom is -0.321 e. The molecule has 0 spiro atoms. The van der Waals surface area contributed by atoms with Crippen LogP contribution < -0.4 is 5.32 Å². The first kappa shape index (κ1) is 18.4. The summed E-state index contributed by atoms with van der Waals surface area (Å²) in [7, 11) is 0. The van der Waals surface area contributed by atoms with Crippen LogP contribution in [0.1, 0.15) is 20.9 Å². The van der Waals surface area contributed by atoms with Crippen molar-refractivity contribution >= 4 is 34.5 Å². The fourth-order valence-electron chi connectivity index (χ4n) is 2.32. The monoisotopic (exact) mass is 396 g/mol. The number of amides is 1. The van der Waals surface area contributed by atoms with Crippen molar-refractivity contribution in [1.29, 1.82) is 0 Å². The molecule has 26 heavy (non-hydrogen) atoms. The molecule has 3 rings (SSSR count). The van der Waals surface area contributed by atoms with Crippen LogP contribution in [-0.4, -0.2) is 10.9 Å². The van der Waals surface area contributed by atoms with Gasteiger partial charge in [-0.2, -0.15) is 13.2 Å². The van der Waals surface area contributed by atoms with Gasteiger partial charge in [-0.3, -0.25) is 4.79 Å². The summed E-state index contributed by atoms with van der Waals surface area (Å²) in [6.45, 7) is 1.70. The van der Waals surface area contributed by atoms with Crippen LogP contribution in [0, 0.1) is 6.92 Å². The third kappa shape index (κ3) is 3.89. The van der Waals surface area contributed by atoms with Crippen molar-refractivity contribution < 1.29 is 18.0 Å². The van der Waals surface area contributed by atoms with Gasteiger partial charge in [-0.05, 0) is 30.7 Å². The molecule has 3 nitrogen and oxygen atoms in total. The fraction of sp³-hybridized carbons (Fsp3) is 0.111. The molecule has 1 heterocycles. The second-order valence-electron chi connectivity index (χ2n) is 5.47. The summed E-state index contributed by atoms with van der Waals surface area (Å²) in [5.41, 5.74) is 0.365. The summed E-state index contributed by atoms with van der Waals surface area (Å²) in [4.78, 5) is 15.7. The number of aryl methyl sites for hydroxylation is 1. The van der Waals surface area contributed by atoms with Crippen LogP contribution in [0.3, 0.4) is 0 Å². The lowest BCUT2D eigenvalue weighted by molar-refractivity contribution is -0.140. The Hall–Kier alpha value is -2.38. The normalized spacial score (nSPS) is 11.4. The Labute approximate surface area is 156 Å². The Morgan fingerprint density at radius 1 is 1.15 bits per heavy atom. The van der Waals surface area contributed by atoms with Crippen LogP contribution in [0.25, 0.3) is 10.6 Å². The van der Waals surface area contributed by atoms with Crippen molar-refractivity contribution in [2.24, 2.45) is 0 Å². The van der Waals surface area contributed by atoms with Crippen LogP contribution in [0.2, 0.25) is 5.02 Å². The maximum Gasteiger partial charge on any atom is 0.435 e. The highest BCUT2D eigenvalue weighted by molar-refractivity contribution is 7.17. The second kappa shape index (κ2) is 7.09. The van der Waals surface area contributed by atoms with E-state index in [1.807, 2.05) is 0 Å². The number of hydrogen-bond donors (Lipinski definition) is 1. The number of nitrogens with one attached hydrogen (secondary N) is 1. The van der Waals surface area contributed by atoms with Crippen molar-refractivity contribution in [3.8, 4) is 10.6 Å². The molecular weight excluding hydrogens is 385 g/mol. The second-order valence-corrected chi connectivity index (χ2v) is 6.91. The highest BCUT2D eigenvalue weighted by Crippen LogP contribution is 2.38. The van der Waals surface area contributed by atoms with E-state index in [4.69, 9.17) is 11.6 Å². The number of carbonyl (C=O) groups is 1. The quantitative estimate of drug-likeness (QED) is 0.586. The number of aromatic nitrogens is 1. The largest absolute Gasteiger partial charge is 0.435 e. The lowest BCUT2D eigenvalue weighted by Gasteiger charge is -2.09. The average molecular weight is 397 g/mol. The molecule has 0 saturated heterocycles. The van der Waals surface area contributed by atoms with Gasteiger partial charge in [0.25, 0.3) is 5.91 Å². The van der Waals surface area contributed by atoms with E-state index in [1.54, 1.807) is 55.5 Å². The molecule has 0 aliphatic carbocycles. The van der Waals surface area contributed by atoms with Gasteiger partial charge in [-0.1, -0.05) is 41.9 Å². The molecule has 1 N–H and O–H groups in total. The van der Waals surface area contributed by atoms with Crippen molar-refractivity contribution in [2.75, 3.05) is 5.32 Å². The van der Waals surface area contributed by atoms with E-state index >= 15 is 0 Å². The molecule has 8 heteroatoms. The Morgan fingerprint density at radius 3 is 2.46 bits per heavy atom. The summed E-state index contributed by atoms with van der Waals surface area (Å²) in [5.74, 6) is -0.859. The first-order valence-electron chi connectivity index (χ1n) is 7.46. The van der Waals surface area contributed by atoms with Crippen molar-refractivity contribution in [3.05, 3.63) is 69.7 Å². The van der Waals surface area contributed by atoms with E-state index in [-0.39, 0.29) is 5.01 Å². The first-order chi connectivity index (χ1) is 12.3. The number of alkyl halides is 3. The van der Waals surface area contributed by atoms with E-state index in [1.165, 1.54) is 0 Å². The van der Waals surface area contributed by atoms with Crippen LogP contribution in [0.5, 0.6) is 0 Å². The van der Waals surface area contributed by atoms with Crippen LogP contribution in [-0.2, 0) is 6.18 Å². The zero-order valence-corrected chi connectivity index (χ0v) is 15.0. The topological polar surface area (TPSA) is 42.0 Å². The highest BCUT2D eigenvalue weighted by Gasteiger charge is 2.39. The lowest BCUT2D eigenvalue weighted by atomic mass is 10.2. The number of hydrogen-bond acceptors (Lipinski definition) is 3. The van der Waals surface area contributed by atoms with Crippen molar-refractivity contribution in [1.82, 2.24) is 4.98 Å². The fourth-order valence-corrected chi connectivity index (χ4v) is 3.53. The number of benzene rings is 2. The molecular formula is C18H12ClF3N2OS. The molecule has 0 saturated carbocycles. The minimum atomic E-state index is -4.73. The number of rotatable bonds is 3. The molecule has 0 unspecified atom stereocenters. The third-order valence-electron chi connectivity index (χ3n) is 3.56. The molecule has 2 aromatic carbocycles. The number of thiazole rings is 1. The molecule has 3 aromatic rings. The maximum atomic E-state index is 13.4. The predicted octanol–water partition coefficient (Wildman–Crippen LogP) is 6.04. The maximum absolute atomic E-state index is 13.4. The summed E-state index contributed by atoms with van der Waals surface area (Å²) in [5, 5.41) is 3.11. The zero-order chi connectivity index (χ0) is 18.9. The third-order valence-corrected chi connectivity index (χ3v) is 4.90. The molecule has 0 aliphatic heterocycles. The van der Waals surface area contributed by atoms with Gasteiger partial charge in [0.2, 0.25) is 0 Å². The van der Waals surface area contributed by atoms with E-state index in [0.717, 1.165) is 0 Å². The van der Waals surface area contributed by atoms with Gasteiger partial charge in [0.15, 0.2) is 5.69 Å². The highest BCUT2D eigenvalue weighted by atomic mass is 35.5. The van der Waals surface area contributed by atoms with E-state index in [0.29, 0.717) is 33.2 Å². The standard InChI is InChI=1S/C18H12ClF3N2OS/c1-10-9-12(19)7-8-13(10)23-16(25)14-15(18(20,21)22)24-17(26-14)11-5-3-2-4-6-11/h2-9H,1H3,(H,23,25). The SMILES string of the molecule is Cc1cc(Cl)ccc1NC(=O)c1sc(-c2ccccc2)nc1C(F)(F)F. The Morgan fingerprint density at radius 2 is 1.85 bits per heavy atom. The molecule has 0 radical (unpaired) electrons. The van der Waals surface area contributed by atoms with E-state index in [9.17, 15) is 18.0 Å². The minimum absolute atomic E-state index is 0.135. The number of halogens is 4. The first-order valence-corrected chi connectivity index (χ1v) is 8.66. The Kier molecular flexibility index (Phi) is 5.02. The molecule has 0 atom stereocenters. The zero-order valence-electron chi connectivity index (χ0n) is 13.4. The summed E-state index contributed by atoms with van der Waals surface area (Å²) < 4.78 is 40.1. The van der Waals surface area contributed by atoms with Crippen LogP contribution >= 0.6 is 22.9 Å². The summed E-state index contributed by atoms with van der Waals surface area (Å²) in [6, 6.07) is 13.1. The Balaban J connectivity index is 2.00. The molecule has 134 valence electrons. The number of carbonyl (C=O) groups excluding carboxylic acids is 1. The molecule has 0 aliphatic rings. The van der Waals surface area contributed by atoms with Crippen molar-refractivity contribution in [3.63, 3.8) is 0 Å². The van der Waals surface area contributed by atoms with Gasteiger partial charge in [0.1, 0.15) is 9.88 Å². The molecule has 0 fully saturated rings. The van der Waals surface area contributed by atoms with Gasteiger partial charge in [-0.15, -0.1) is 11.3 Å². The molecule has 0 bridgehead atoms. The Bertz CT molecular complexity index is 955. The average Bonchev–Trinajstić information content (AvgIpc) is 3.04. The van der Waals surface area contributed by atoms with Crippen LogP contribution in [0.15, 0.2) is 48.5 Å². The van der Waals surface area contributed by atoms with Gasteiger partial charge >= 0.3 is 6.18 Å². The van der Waals surface area contributed by atoms with Gasteiger partial charge in [-0.25, -0.2) is 4.98 Å². The number of nitrogens with zero attached hydrogens (tertiary/aromatic N) is 1. The smallest absolute Gasteiger partial charge is 0.321 e. The molecule has 1 amide bonds. The molecule has 1 aromatic heterocycles. The lowest BCUT2D eigenvalue weighted by Crippen LogP contribution is -2.17. The van der Waals surface area contributed by atoms with Gasteiger partial charge in [0.05, 0.1) is 0 Å². The number of anilines is 1. The summed E-state index contributed by atoms with van der Waals surface area (Å²) >= 11 is 6.56. The van der Waals surface area contributed by atoms with E-state index in [2.05, 4.69) is 10.3 Å². The van der Waals surface area contributed by atoms with Gasteiger partial charge < -0.3 is 5.32 Å². The van der Waals surface area contributed by atoms with E-state index < -0.39 is 22.7 Å². The van der Waals surface area contributed by atoms with Crippen molar-refractivity contribution in [2.45, 2.75) is 13.1 Å². The van der Waals surface area contributed by atoms with Gasteiger partial charge in [0, 0.05) is 16.3 Å². The van der Waals surface area contributed by atoms with Crippen LogP contribution in [0.4, 0.5) is 18.9 Å². The summed E-state index contributed by atoms with van der Waals surface area (Å²) in [6.07, 6.45) is -4.73.